The van der Waals surface area contributed by atoms with E-state index in [0.29, 0.717) is 29.5 Å². The maximum atomic E-state index is 12.6. The van der Waals surface area contributed by atoms with Crippen molar-refractivity contribution >= 4 is 5.91 Å². The molecule has 0 radical (unpaired) electrons. The number of hydrogen-bond donors (Lipinski definition) is 1. The zero-order chi connectivity index (χ0) is 17.1. The van der Waals surface area contributed by atoms with E-state index >= 15 is 0 Å². The molecule has 4 rings (SSSR count). The van der Waals surface area contributed by atoms with Crippen LogP contribution in [0.15, 0.2) is 18.2 Å². The van der Waals surface area contributed by atoms with E-state index in [4.69, 9.17) is 18.9 Å². The van der Waals surface area contributed by atoms with Gasteiger partial charge in [0.1, 0.15) is 0 Å². The second-order valence-corrected chi connectivity index (χ2v) is 6.62. The zero-order valence-electron chi connectivity index (χ0n) is 14.2. The van der Waals surface area contributed by atoms with Gasteiger partial charge in [-0.2, -0.15) is 0 Å². The fourth-order valence-corrected chi connectivity index (χ4v) is 3.70. The van der Waals surface area contributed by atoms with Crippen LogP contribution in [0.4, 0.5) is 0 Å². The number of carbonyl (C=O) groups is 1. The Morgan fingerprint density at radius 3 is 2.80 bits per heavy atom. The van der Waals surface area contributed by atoms with Crippen molar-refractivity contribution in [1.29, 1.82) is 0 Å². The normalized spacial score (nSPS) is 24.2. The first-order valence-electron chi connectivity index (χ1n) is 8.88. The van der Waals surface area contributed by atoms with Crippen LogP contribution in [0, 0.1) is 5.92 Å². The molecule has 0 aliphatic carbocycles. The number of amides is 1. The van der Waals surface area contributed by atoms with Crippen LogP contribution >= 0.6 is 0 Å². The lowest BCUT2D eigenvalue weighted by Crippen LogP contribution is -2.52. The lowest BCUT2D eigenvalue weighted by Gasteiger charge is -2.37. The SMILES string of the molecule is O=C(NC[C@H]([C@H]1CCOC1)N1CCOCC1)c1ccc2c(c1)OCO2. The summed E-state index contributed by atoms with van der Waals surface area (Å²) < 4.78 is 21.7. The Morgan fingerprint density at radius 2 is 2.00 bits per heavy atom. The van der Waals surface area contributed by atoms with Crippen LogP contribution in [0.2, 0.25) is 0 Å². The molecule has 7 nitrogen and oxygen atoms in total. The topological polar surface area (TPSA) is 69.3 Å². The van der Waals surface area contributed by atoms with Crippen LogP contribution in [0.25, 0.3) is 0 Å². The molecule has 25 heavy (non-hydrogen) atoms. The van der Waals surface area contributed by atoms with Crippen molar-refractivity contribution in [2.24, 2.45) is 5.92 Å². The van der Waals surface area contributed by atoms with Gasteiger partial charge in [0.15, 0.2) is 11.5 Å². The Balaban J connectivity index is 1.40. The highest BCUT2D eigenvalue weighted by atomic mass is 16.7. The molecule has 0 bridgehead atoms. The van der Waals surface area contributed by atoms with Crippen molar-refractivity contribution < 1.29 is 23.7 Å². The number of rotatable bonds is 5. The molecule has 0 spiro atoms. The van der Waals surface area contributed by atoms with Gasteiger partial charge in [-0.3, -0.25) is 9.69 Å². The number of morpholine rings is 1. The molecule has 7 heteroatoms. The quantitative estimate of drug-likeness (QED) is 0.852. The summed E-state index contributed by atoms with van der Waals surface area (Å²) in [5.41, 5.74) is 0.590. The summed E-state index contributed by atoms with van der Waals surface area (Å²) in [6.45, 7) is 5.70. The van der Waals surface area contributed by atoms with E-state index in [2.05, 4.69) is 10.2 Å². The first kappa shape index (κ1) is 16.6. The van der Waals surface area contributed by atoms with E-state index in [1.165, 1.54) is 0 Å². The smallest absolute Gasteiger partial charge is 0.251 e. The van der Waals surface area contributed by atoms with Gasteiger partial charge in [0, 0.05) is 43.8 Å². The molecule has 1 aromatic carbocycles. The summed E-state index contributed by atoms with van der Waals surface area (Å²) in [5, 5.41) is 3.09. The van der Waals surface area contributed by atoms with Gasteiger partial charge in [0.25, 0.3) is 5.91 Å². The van der Waals surface area contributed by atoms with E-state index < -0.39 is 0 Å². The number of ether oxygens (including phenoxy) is 4. The van der Waals surface area contributed by atoms with Gasteiger partial charge >= 0.3 is 0 Å². The Morgan fingerprint density at radius 1 is 1.16 bits per heavy atom. The number of hydrogen-bond acceptors (Lipinski definition) is 6. The van der Waals surface area contributed by atoms with Crippen molar-refractivity contribution in [2.75, 3.05) is 52.9 Å². The van der Waals surface area contributed by atoms with Gasteiger partial charge in [0.05, 0.1) is 19.8 Å². The van der Waals surface area contributed by atoms with Gasteiger partial charge in [0.2, 0.25) is 6.79 Å². The lowest BCUT2D eigenvalue weighted by molar-refractivity contribution is 0.00166. The maximum Gasteiger partial charge on any atom is 0.251 e. The van der Waals surface area contributed by atoms with Gasteiger partial charge < -0.3 is 24.3 Å². The van der Waals surface area contributed by atoms with Crippen LogP contribution < -0.4 is 14.8 Å². The van der Waals surface area contributed by atoms with Gasteiger partial charge in [-0.1, -0.05) is 0 Å². The highest BCUT2D eigenvalue weighted by Gasteiger charge is 2.32. The first-order chi connectivity index (χ1) is 12.3. The molecule has 1 aromatic rings. The number of nitrogens with one attached hydrogen (secondary N) is 1. The summed E-state index contributed by atoms with van der Waals surface area (Å²) in [5.74, 6) is 1.68. The molecule has 2 saturated heterocycles. The van der Waals surface area contributed by atoms with Crippen LogP contribution in [-0.4, -0.2) is 69.7 Å². The highest BCUT2D eigenvalue weighted by molar-refractivity contribution is 5.94. The molecule has 0 saturated carbocycles. The molecule has 2 fully saturated rings. The zero-order valence-corrected chi connectivity index (χ0v) is 14.2. The Hall–Kier alpha value is -1.83. The molecule has 1 N–H and O–H groups in total. The summed E-state index contributed by atoms with van der Waals surface area (Å²) >= 11 is 0. The van der Waals surface area contributed by atoms with E-state index in [1.54, 1.807) is 18.2 Å². The average Bonchev–Trinajstić information content (AvgIpc) is 3.34. The molecule has 2 atom stereocenters. The van der Waals surface area contributed by atoms with Crippen molar-refractivity contribution in [1.82, 2.24) is 10.2 Å². The van der Waals surface area contributed by atoms with Gasteiger partial charge in [-0.15, -0.1) is 0 Å². The first-order valence-corrected chi connectivity index (χ1v) is 8.88. The standard InChI is InChI=1S/C18H24N2O5/c21-18(13-1-2-16-17(9-13)25-12-24-16)19-10-15(14-3-6-23-11-14)20-4-7-22-8-5-20/h1-2,9,14-15H,3-8,10-12H2,(H,19,21)/t14-,15+/m0/s1. The minimum Gasteiger partial charge on any atom is -0.454 e. The number of carbonyl (C=O) groups excluding carboxylic acids is 1. The van der Waals surface area contributed by atoms with Gasteiger partial charge in [-0.25, -0.2) is 0 Å². The van der Waals surface area contributed by atoms with Crippen LogP contribution in [0.3, 0.4) is 0 Å². The van der Waals surface area contributed by atoms with E-state index in [-0.39, 0.29) is 18.7 Å². The van der Waals surface area contributed by atoms with Crippen molar-refractivity contribution in [3.63, 3.8) is 0 Å². The number of fused-ring (bicyclic) bond motifs is 1. The van der Waals surface area contributed by atoms with Crippen LogP contribution in [-0.2, 0) is 9.47 Å². The van der Waals surface area contributed by atoms with E-state index in [9.17, 15) is 4.79 Å². The highest BCUT2D eigenvalue weighted by Crippen LogP contribution is 2.32. The van der Waals surface area contributed by atoms with Gasteiger partial charge in [-0.05, 0) is 24.6 Å². The largest absolute Gasteiger partial charge is 0.454 e. The van der Waals surface area contributed by atoms with Crippen molar-refractivity contribution in [3.8, 4) is 11.5 Å². The molecular weight excluding hydrogens is 324 g/mol. The minimum atomic E-state index is -0.0875. The Kier molecular flexibility index (Phi) is 5.05. The molecule has 0 aromatic heterocycles. The van der Waals surface area contributed by atoms with Crippen LogP contribution in [0.1, 0.15) is 16.8 Å². The third-order valence-corrected chi connectivity index (χ3v) is 5.13. The molecule has 3 heterocycles. The molecule has 1 amide bonds. The summed E-state index contributed by atoms with van der Waals surface area (Å²) in [7, 11) is 0. The molecular formula is C18H24N2O5. The van der Waals surface area contributed by atoms with Crippen molar-refractivity contribution in [3.05, 3.63) is 23.8 Å². The summed E-state index contributed by atoms with van der Waals surface area (Å²) in [6, 6.07) is 5.57. The van der Waals surface area contributed by atoms with Crippen molar-refractivity contribution in [2.45, 2.75) is 12.5 Å². The monoisotopic (exact) mass is 348 g/mol. The Bertz CT molecular complexity index is 611. The molecule has 3 aliphatic rings. The summed E-state index contributed by atoms with van der Waals surface area (Å²) in [4.78, 5) is 15.0. The number of benzene rings is 1. The average molecular weight is 348 g/mol. The third-order valence-electron chi connectivity index (χ3n) is 5.13. The fraction of sp³-hybridized carbons (Fsp3) is 0.611. The Labute approximate surface area is 147 Å². The number of nitrogens with zero attached hydrogens (tertiary/aromatic N) is 1. The molecule has 0 unspecified atom stereocenters. The predicted molar refractivity (Wildman–Crippen MR) is 90.0 cm³/mol. The lowest BCUT2D eigenvalue weighted by atomic mass is 9.96. The van der Waals surface area contributed by atoms with Crippen LogP contribution in [0.5, 0.6) is 11.5 Å². The van der Waals surface area contributed by atoms with E-state index in [0.717, 1.165) is 45.9 Å². The predicted octanol–water partition coefficient (Wildman–Crippen LogP) is 0.882. The van der Waals surface area contributed by atoms with E-state index in [1.807, 2.05) is 0 Å². The second kappa shape index (κ2) is 7.59. The minimum absolute atomic E-state index is 0.0875. The third kappa shape index (κ3) is 3.73. The second-order valence-electron chi connectivity index (χ2n) is 6.62. The summed E-state index contributed by atoms with van der Waals surface area (Å²) in [6.07, 6.45) is 1.04. The fourth-order valence-electron chi connectivity index (χ4n) is 3.70. The molecule has 3 aliphatic heterocycles. The maximum absolute atomic E-state index is 12.6. The molecule has 136 valence electrons.